The number of hydrogen-bond donors (Lipinski definition) is 2. The number of rotatable bonds is 7. The van der Waals surface area contributed by atoms with Crippen LogP contribution in [-0.4, -0.2) is 78.0 Å². The maximum atomic E-state index is 13.5. The van der Waals surface area contributed by atoms with E-state index in [4.69, 9.17) is 9.84 Å². The highest BCUT2D eigenvalue weighted by Crippen LogP contribution is 2.38. The zero-order valence-corrected chi connectivity index (χ0v) is 31.1. The van der Waals surface area contributed by atoms with E-state index in [1.807, 2.05) is 42.5 Å². The first-order valence-corrected chi connectivity index (χ1v) is 19.3. The van der Waals surface area contributed by atoms with Gasteiger partial charge in [-0.25, -0.2) is 14.6 Å². The Morgan fingerprint density at radius 2 is 1.78 bits per heavy atom. The van der Waals surface area contributed by atoms with Gasteiger partial charge in [0.2, 0.25) is 11.8 Å². The van der Waals surface area contributed by atoms with Crippen LogP contribution in [0.4, 0.5) is 10.5 Å². The fourth-order valence-corrected chi connectivity index (χ4v) is 9.24. The lowest BCUT2D eigenvalue weighted by atomic mass is 9.84. The molecule has 6 aromatic rings. The summed E-state index contributed by atoms with van der Waals surface area (Å²) < 4.78 is 12.5. The van der Waals surface area contributed by atoms with Gasteiger partial charge in [-0.3, -0.25) is 33.3 Å². The highest BCUT2D eigenvalue weighted by Gasteiger charge is 2.33. The molecule has 6 heterocycles. The van der Waals surface area contributed by atoms with Gasteiger partial charge in [-0.2, -0.15) is 5.10 Å². The van der Waals surface area contributed by atoms with Gasteiger partial charge in [0.1, 0.15) is 17.4 Å². The number of aryl methyl sites for hydroxylation is 1. The Bertz CT molecular complexity index is 2510. The fraction of sp³-hybridized carbons (Fsp3) is 0.415. The van der Waals surface area contributed by atoms with Crippen LogP contribution in [0.2, 0.25) is 0 Å². The summed E-state index contributed by atoms with van der Waals surface area (Å²) in [6, 6.07) is 14.8. The third-order valence-electron chi connectivity index (χ3n) is 12.1. The molecule has 55 heavy (non-hydrogen) atoms. The van der Waals surface area contributed by atoms with Crippen LogP contribution in [0.25, 0.3) is 33.0 Å². The molecule has 4 aromatic heterocycles. The molecule has 2 N–H and O–H groups in total. The van der Waals surface area contributed by atoms with E-state index in [1.165, 1.54) is 4.57 Å². The van der Waals surface area contributed by atoms with E-state index in [2.05, 4.69) is 37.5 Å². The van der Waals surface area contributed by atoms with Crippen molar-refractivity contribution in [3.05, 3.63) is 83.2 Å². The quantitative estimate of drug-likeness (QED) is 0.197. The smallest absolute Gasteiger partial charge is 0.331 e. The Labute approximate surface area is 317 Å². The molecule has 3 amide bonds. The van der Waals surface area contributed by atoms with Crippen LogP contribution in [0.1, 0.15) is 74.9 Å². The predicted octanol–water partition coefficient (Wildman–Crippen LogP) is 5.72. The van der Waals surface area contributed by atoms with Gasteiger partial charge in [0.05, 0.1) is 35.4 Å². The van der Waals surface area contributed by atoms with Crippen molar-refractivity contribution in [3.63, 3.8) is 0 Å². The summed E-state index contributed by atoms with van der Waals surface area (Å²) in [6.07, 6.45) is 12.4. The number of carbonyl (C=O) groups excluding carboxylic acids is 3. The number of methoxy groups -OCH3 is 1. The lowest BCUT2D eigenvalue weighted by Gasteiger charge is -2.37. The van der Waals surface area contributed by atoms with Gasteiger partial charge >= 0.3 is 11.7 Å². The van der Waals surface area contributed by atoms with Gasteiger partial charge in [-0.05, 0) is 106 Å². The van der Waals surface area contributed by atoms with Gasteiger partial charge in [-0.15, -0.1) is 0 Å². The standard InChI is InChI=1S/C41H45N9O5/c1-46-37-30(6-3-7-33(37)50(41(46)54)34-12-13-36(51)44-39(34)52)26-14-18-47(19-15-26)23-25-8-10-29(11-9-25)49-24-28-21-32(35(55-2)22-31(28)45-49)43-40(53)48-20-16-27-5-4-17-42-38(27)48/h3-7,16-17,20-22,24-26,29,34H,8-15,18-19,23H2,1-2H3,(H,43,53)(H,44,51,52). The van der Waals surface area contributed by atoms with E-state index in [1.54, 1.807) is 35.7 Å². The number of aromatic nitrogens is 6. The van der Waals surface area contributed by atoms with E-state index in [9.17, 15) is 19.2 Å². The van der Waals surface area contributed by atoms with Crippen molar-refractivity contribution >= 4 is 56.5 Å². The third kappa shape index (κ3) is 6.37. The number of benzene rings is 2. The Morgan fingerprint density at radius 3 is 2.56 bits per heavy atom. The van der Waals surface area contributed by atoms with Crippen molar-refractivity contribution in [3.8, 4) is 5.75 Å². The molecule has 14 nitrogen and oxygen atoms in total. The summed E-state index contributed by atoms with van der Waals surface area (Å²) in [5.41, 5.74) is 4.59. The van der Waals surface area contributed by atoms with E-state index >= 15 is 0 Å². The van der Waals surface area contributed by atoms with Crippen molar-refractivity contribution in [2.24, 2.45) is 13.0 Å². The maximum Gasteiger partial charge on any atom is 0.331 e. The molecular weight excluding hydrogens is 699 g/mol. The summed E-state index contributed by atoms with van der Waals surface area (Å²) >= 11 is 0. The number of amides is 3. The summed E-state index contributed by atoms with van der Waals surface area (Å²) in [5.74, 6) is 0.809. The van der Waals surface area contributed by atoms with Gasteiger partial charge < -0.3 is 15.0 Å². The molecule has 3 aliphatic rings. The molecule has 1 unspecified atom stereocenters. The number of piperidine rings is 2. The molecule has 2 aromatic carbocycles. The first-order valence-electron chi connectivity index (χ1n) is 19.3. The van der Waals surface area contributed by atoms with Crippen molar-refractivity contribution < 1.29 is 19.1 Å². The third-order valence-corrected chi connectivity index (χ3v) is 12.1. The molecule has 3 fully saturated rings. The van der Waals surface area contributed by atoms with E-state index in [0.29, 0.717) is 41.4 Å². The number of pyridine rings is 1. The zero-order chi connectivity index (χ0) is 37.8. The summed E-state index contributed by atoms with van der Waals surface area (Å²) in [6.45, 7) is 3.09. The second-order valence-corrected chi connectivity index (χ2v) is 15.4. The van der Waals surface area contributed by atoms with Crippen molar-refractivity contribution in [2.75, 3.05) is 32.1 Å². The molecule has 284 valence electrons. The molecular formula is C41H45N9O5. The molecule has 1 saturated carbocycles. The van der Waals surface area contributed by atoms with Crippen LogP contribution < -0.4 is 21.1 Å². The molecule has 0 bridgehead atoms. The van der Waals surface area contributed by atoms with Crippen LogP contribution in [0, 0.1) is 5.92 Å². The Kier molecular flexibility index (Phi) is 8.99. The van der Waals surface area contributed by atoms with Crippen molar-refractivity contribution in [2.45, 2.75) is 69.4 Å². The number of imide groups is 1. The Morgan fingerprint density at radius 1 is 0.964 bits per heavy atom. The molecule has 1 atom stereocenters. The van der Waals surface area contributed by atoms with Crippen molar-refractivity contribution in [1.82, 2.24) is 38.7 Å². The topological polar surface area (TPSA) is 150 Å². The van der Waals surface area contributed by atoms with E-state index in [0.717, 1.165) is 91.0 Å². The number of anilines is 1. The molecule has 1 aliphatic carbocycles. The first-order chi connectivity index (χ1) is 26.7. The zero-order valence-electron chi connectivity index (χ0n) is 31.1. The van der Waals surface area contributed by atoms with Gasteiger partial charge in [0, 0.05) is 55.4 Å². The molecule has 2 aliphatic heterocycles. The number of hydrogen-bond acceptors (Lipinski definition) is 8. The van der Waals surface area contributed by atoms with Crippen LogP contribution in [-0.2, 0) is 16.6 Å². The number of para-hydroxylation sites is 1. The lowest BCUT2D eigenvalue weighted by Crippen LogP contribution is -2.44. The minimum atomic E-state index is -0.681. The summed E-state index contributed by atoms with van der Waals surface area (Å²) in [5, 5.41) is 12.2. The Balaban J connectivity index is 0.818. The predicted molar refractivity (Wildman–Crippen MR) is 208 cm³/mol. The number of imidazole rings is 1. The molecule has 9 rings (SSSR count). The SMILES string of the molecule is COc1cc2nn(C3CCC(CN4CCC(c5cccc6c5n(C)c(=O)n6C5CCC(=O)NC5=O)CC4)CC3)cc2cc1NC(=O)n1ccc2cccnc21. The van der Waals surface area contributed by atoms with E-state index in [-0.39, 0.29) is 24.0 Å². The lowest BCUT2D eigenvalue weighted by molar-refractivity contribution is -0.135. The number of likely N-dealkylation sites (tertiary alicyclic amines) is 1. The van der Waals surface area contributed by atoms with Gasteiger partial charge in [-0.1, -0.05) is 12.1 Å². The number of ether oxygens (including phenoxy) is 1. The monoisotopic (exact) mass is 743 g/mol. The fourth-order valence-electron chi connectivity index (χ4n) is 9.24. The molecule has 2 saturated heterocycles. The summed E-state index contributed by atoms with van der Waals surface area (Å²) in [7, 11) is 3.38. The minimum Gasteiger partial charge on any atom is -0.494 e. The highest BCUT2D eigenvalue weighted by atomic mass is 16.5. The number of nitrogens with one attached hydrogen (secondary N) is 2. The maximum absolute atomic E-state index is 13.5. The first kappa shape index (κ1) is 35.0. The molecule has 0 spiro atoms. The average molecular weight is 744 g/mol. The summed E-state index contributed by atoms with van der Waals surface area (Å²) in [4.78, 5) is 58.2. The molecule has 14 heteroatoms. The number of carbonyl (C=O) groups is 3. The van der Waals surface area contributed by atoms with E-state index < -0.39 is 11.9 Å². The van der Waals surface area contributed by atoms with Crippen molar-refractivity contribution in [1.29, 1.82) is 0 Å². The average Bonchev–Trinajstić information content (AvgIpc) is 3.89. The number of fused-ring (bicyclic) bond motifs is 3. The highest BCUT2D eigenvalue weighted by molar-refractivity contribution is 6.01. The Hall–Kier alpha value is -5.76. The van der Waals surface area contributed by atoms with Crippen LogP contribution >= 0.6 is 0 Å². The van der Waals surface area contributed by atoms with Gasteiger partial charge in [0.15, 0.2) is 0 Å². The second kappa shape index (κ2) is 14.1. The second-order valence-electron chi connectivity index (χ2n) is 15.4. The van der Waals surface area contributed by atoms with Crippen LogP contribution in [0.5, 0.6) is 5.75 Å². The van der Waals surface area contributed by atoms with Gasteiger partial charge in [0.25, 0.3) is 0 Å². The van der Waals surface area contributed by atoms with Crippen LogP contribution in [0.3, 0.4) is 0 Å². The minimum absolute atomic E-state index is 0.221. The molecule has 0 radical (unpaired) electrons. The van der Waals surface area contributed by atoms with Crippen LogP contribution in [0.15, 0.2) is 71.9 Å². The normalized spacial score (nSPS) is 21.4. The number of nitrogens with zero attached hydrogens (tertiary/aromatic N) is 7. The largest absolute Gasteiger partial charge is 0.494 e.